The Balaban J connectivity index is 1.52. The first kappa shape index (κ1) is 22.4. The molecule has 0 spiro atoms. The van der Waals surface area contributed by atoms with Crippen molar-refractivity contribution in [1.29, 1.82) is 0 Å². The van der Waals surface area contributed by atoms with Crippen molar-refractivity contribution in [2.75, 3.05) is 24.7 Å². The fourth-order valence-corrected chi connectivity index (χ4v) is 4.11. The first-order valence-electron chi connectivity index (χ1n) is 11.0. The van der Waals surface area contributed by atoms with Crippen LogP contribution in [-0.2, 0) is 9.59 Å². The molecule has 0 bridgehead atoms. The van der Waals surface area contributed by atoms with Crippen molar-refractivity contribution in [1.82, 2.24) is 14.9 Å². The zero-order chi connectivity index (χ0) is 23.5. The van der Waals surface area contributed by atoms with Crippen LogP contribution in [0.5, 0.6) is 0 Å². The number of aromatic nitrogens is 2. The van der Waals surface area contributed by atoms with Crippen molar-refractivity contribution < 1.29 is 18.8 Å². The smallest absolute Gasteiger partial charge is 0.294 e. The number of rotatable bonds is 5. The van der Waals surface area contributed by atoms with Gasteiger partial charge >= 0.3 is 0 Å². The Morgan fingerprint density at radius 1 is 1.00 bits per heavy atom. The number of carbonyl (C=O) groups excluding carboxylic acids is 3. The summed E-state index contributed by atoms with van der Waals surface area (Å²) in [5.74, 6) is -0.594. The van der Waals surface area contributed by atoms with Crippen LogP contribution in [0.2, 0.25) is 0 Å². The highest BCUT2D eigenvalue weighted by atomic mass is 16.3. The van der Waals surface area contributed by atoms with Crippen molar-refractivity contribution in [2.24, 2.45) is 11.8 Å². The van der Waals surface area contributed by atoms with Crippen LogP contribution in [0.15, 0.2) is 41.1 Å². The summed E-state index contributed by atoms with van der Waals surface area (Å²) in [5, 5.41) is 5.58. The molecule has 2 N–H and O–H groups in total. The van der Waals surface area contributed by atoms with Gasteiger partial charge < -0.3 is 20.0 Å². The molecule has 1 saturated carbocycles. The second kappa shape index (κ2) is 9.40. The van der Waals surface area contributed by atoms with Crippen molar-refractivity contribution in [2.45, 2.75) is 32.6 Å². The largest absolute Gasteiger partial charge is 0.447 e. The van der Waals surface area contributed by atoms with E-state index in [4.69, 9.17) is 4.42 Å². The Morgan fingerprint density at radius 2 is 1.73 bits per heavy atom. The van der Waals surface area contributed by atoms with Gasteiger partial charge in [0.05, 0.1) is 0 Å². The number of aryl methyl sites for hydroxylation is 1. The molecule has 9 nitrogen and oxygen atoms in total. The minimum Gasteiger partial charge on any atom is -0.447 e. The van der Waals surface area contributed by atoms with Crippen LogP contribution in [0.25, 0.3) is 11.1 Å². The van der Waals surface area contributed by atoms with Crippen LogP contribution in [0.1, 0.15) is 41.8 Å². The zero-order valence-electron chi connectivity index (χ0n) is 18.9. The normalized spacial score (nSPS) is 18.0. The van der Waals surface area contributed by atoms with E-state index in [-0.39, 0.29) is 35.1 Å². The quantitative estimate of drug-likeness (QED) is 0.614. The number of fused-ring (bicyclic) bond motifs is 1. The Labute approximate surface area is 191 Å². The fraction of sp³-hybridized carbons (Fsp3) is 0.375. The Morgan fingerprint density at radius 3 is 2.39 bits per heavy atom. The van der Waals surface area contributed by atoms with Crippen LogP contribution >= 0.6 is 0 Å². The molecule has 0 radical (unpaired) electrons. The average Bonchev–Trinajstić information content (AvgIpc) is 3.18. The fourth-order valence-electron chi connectivity index (χ4n) is 4.11. The van der Waals surface area contributed by atoms with Gasteiger partial charge in [0.2, 0.25) is 17.6 Å². The van der Waals surface area contributed by atoms with Crippen LogP contribution in [0.4, 0.5) is 11.5 Å². The topological polar surface area (TPSA) is 117 Å². The lowest BCUT2D eigenvalue weighted by Crippen LogP contribution is -2.35. The van der Waals surface area contributed by atoms with E-state index in [9.17, 15) is 14.4 Å². The lowest BCUT2D eigenvalue weighted by molar-refractivity contribution is -0.135. The molecule has 1 aliphatic carbocycles. The van der Waals surface area contributed by atoms with Crippen LogP contribution in [0, 0.1) is 18.8 Å². The molecule has 3 amide bonds. The molecule has 1 fully saturated rings. The summed E-state index contributed by atoms with van der Waals surface area (Å²) in [6.45, 7) is 1.90. The second-order valence-corrected chi connectivity index (χ2v) is 8.60. The van der Waals surface area contributed by atoms with Gasteiger partial charge in [-0.3, -0.25) is 19.4 Å². The predicted molar refractivity (Wildman–Crippen MR) is 124 cm³/mol. The Kier molecular flexibility index (Phi) is 6.39. The van der Waals surface area contributed by atoms with Crippen molar-refractivity contribution in [3.05, 3.63) is 48.0 Å². The summed E-state index contributed by atoms with van der Waals surface area (Å²) in [6.07, 6.45) is 5.75. The number of nitrogens with zero attached hydrogens (tertiary/aromatic N) is 3. The number of furan rings is 1. The number of hydrogen-bond acceptors (Lipinski definition) is 6. The molecule has 3 aromatic rings. The summed E-state index contributed by atoms with van der Waals surface area (Å²) in [6, 6.07) is 6.92. The van der Waals surface area contributed by atoms with Crippen LogP contribution < -0.4 is 10.6 Å². The molecule has 0 unspecified atom stereocenters. The van der Waals surface area contributed by atoms with Gasteiger partial charge in [0.25, 0.3) is 5.91 Å². The van der Waals surface area contributed by atoms with E-state index < -0.39 is 5.91 Å². The molecule has 9 heteroatoms. The lowest BCUT2D eigenvalue weighted by atomic mass is 9.81. The third kappa shape index (κ3) is 4.87. The number of pyridine rings is 2. The van der Waals surface area contributed by atoms with Gasteiger partial charge in [0, 0.05) is 38.3 Å². The molecule has 4 rings (SSSR count). The van der Waals surface area contributed by atoms with Gasteiger partial charge in [-0.05, 0) is 56.4 Å². The van der Waals surface area contributed by atoms with Crippen molar-refractivity contribution >= 4 is 40.3 Å². The van der Waals surface area contributed by atoms with E-state index in [2.05, 4.69) is 20.6 Å². The van der Waals surface area contributed by atoms with Gasteiger partial charge in [-0.15, -0.1) is 0 Å². The van der Waals surface area contributed by atoms with Gasteiger partial charge in [0.1, 0.15) is 17.0 Å². The standard InChI is InChI=1S/C24H27N5O4/c1-14-6-11-18(26-13-14)27-23(31)21-20(19-17(33-21)5-4-12-25-19)28-22(30)15-7-9-16(10-8-15)24(32)29(2)3/h4-6,11-13,15-16H,7-10H2,1-3H3,(H,28,30)(H,26,27,31). The SMILES string of the molecule is Cc1ccc(NC(=O)c2oc3cccnc3c2NC(=O)C2CCC(C(=O)N(C)C)CC2)nc1. The molecule has 3 aromatic heterocycles. The number of hydrogen-bond donors (Lipinski definition) is 2. The van der Waals surface area contributed by atoms with E-state index in [1.807, 2.05) is 13.0 Å². The number of amides is 3. The van der Waals surface area contributed by atoms with Crippen molar-refractivity contribution in [3.63, 3.8) is 0 Å². The third-order valence-electron chi connectivity index (χ3n) is 5.94. The minimum absolute atomic E-state index is 0.0316. The molecule has 0 atom stereocenters. The molecule has 0 saturated heterocycles. The summed E-state index contributed by atoms with van der Waals surface area (Å²) in [7, 11) is 3.49. The van der Waals surface area contributed by atoms with Crippen LogP contribution in [-0.4, -0.2) is 46.7 Å². The predicted octanol–water partition coefficient (Wildman–Crippen LogP) is 3.62. The maximum Gasteiger partial charge on any atom is 0.294 e. The van der Waals surface area contributed by atoms with E-state index in [1.54, 1.807) is 49.6 Å². The van der Waals surface area contributed by atoms with Crippen LogP contribution in [0.3, 0.4) is 0 Å². The highest BCUT2D eigenvalue weighted by Gasteiger charge is 2.32. The molecular formula is C24H27N5O4. The molecule has 0 aliphatic heterocycles. The maximum absolute atomic E-state index is 13.1. The first-order chi connectivity index (χ1) is 15.8. The minimum atomic E-state index is -0.528. The molecule has 3 heterocycles. The average molecular weight is 450 g/mol. The highest BCUT2D eigenvalue weighted by molar-refractivity contribution is 6.13. The van der Waals surface area contributed by atoms with Gasteiger partial charge in [-0.2, -0.15) is 0 Å². The van der Waals surface area contributed by atoms with Gasteiger partial charge in [-0.25, -0.2) is 4.98 Å². The molecule has 0 aromatic carbocycles. The monoisotopic (exact) mass is 449 g/mol. The summed E-state index contributed by atoms with van der Waals surface area (Å²) in [5.41, 5.74) is 2.02. The molecular weight excluding hydrogens is 422 g/mol. The third-order valence-corrected chi connectivity index (χ3v) is 5.94. The van der Waals surface area contributed by atoms with E-state index in [0.717, 1.165) is 5.56 Å². The van der Waals surface area contributed by atoms with Gasteiger partial charge in [-0.1, -0.05) is 6.07 Å². The Hall–Kier alpha value is -3.75. The molecule has 1 aliphatic rings. The van der Waals surface area contributed by atoms with E-state index in [1.165, 1.54) is 0 Å². The summed E-state index contributed by atoms with van der Waals surface area (Å²) < 4.78 is 5.75. The number of carbonyl (C=O) groups is 3. The summed E-state index contributed by atoms with van der Waals surface area (Å²) in [4.78, 5) is 48.3. The lowest BCUT2D eigenvalue weighted by Gasteiger charge is -2.28. The zero-order valence-corrected chi connectivity index (χ0v) is 18.9. The van der Waals surface area contributed by atoms with Crippen molar-refractivity contribution in [3.8, 4) is 0 Å². The van der Waals surface area contributed by atoms with E-state index in [0.29, 0.717) is 42.6 Å². The van der Waals surface area contributed by atoms with E-state index >= 15 is 0 Å². The Bertz CT molecular complexity index is 1180. The summed E-state index contributed by atoms with van der Waals surface area (Å²) >= 11 is 0. The number of nitrogens with one attached hydrogen (secondary N) is 2. The molecule has 33 heavy (non-hydrogen) atoms. The van der Waals surface area contributed by atoms with Gasteiger partial charge in [0.15, 0.2) is 5.58 Å². The molecule has 172 valence electrons. The number of anilines is 2. The highest BCUT2D eigenvalue weighted by Crippen LogP contribution is 2.34. The first-order valence-corrected chi connectivity index (χ1v) is 11.0. The maximum atomic E-state index is 13.1. The second-order valence-electron chi connectivity index (χ2n) is 8.60.